The van der Waals surface area contributed by atoms with E-state index in [4.69, 9.17) is 10.3 Å². The van der Waals surface area contributed by atoms with E-state index in [0.717, 1.165) is 28.8 Å². The molecule has 4 N–H and O–H groups in total. The lowest BCUT2D eigenvalue weighted by molar-refractivity contribution is -0.137. The van der Waals surface area contributed by atoms with Gasteiger partial charge in [-0.25, -0.2) is 9.78 Å². The minimum atomic E-state index is -4.53. The molecule has 1 aliphatic heterocycles. The third kappa shape index (κ3) is 7.24. The fourth-order valence-corrected chi connectivity index (χ4v) is 4.08. The number of benzene rings is 2. The number of anilines is 3. The highest BCUT2D eigenvalue weighted by Gasteiger charge is 2.37. The zero-order valence-electron chi connectivity index (χ0n) is 21.9. The van der Waals surface area contributed by atoms with Gasteiger partial charge in [0.2, 0.25) is 5.95 Å². The largest absolute Gasteiger partial charge is 0.416 e. The van der Waals surface area contributed by atoms with E-state index in [9.17, 15) is 31.2 Å². The second kappa shape index (κ2) is 11.1. The molecule has 0 spiro atoms. The van der Waals surface area contributed by atoms with E-state index in [1.807, 2.05) is 20.8 Å². The average Bonchev–Trinajstić information content (AvgIpc) is 3.14. The lowest BCUT2D eigenvalue weighted by Gasteiger charge is -2.20. The molecule has 0 saturated carbocycles. The van der Waals surface area contributed by atoms with Gasteiger partial charge in [-0.2, -0.15) is 26.6 Å². The maximum Gasteiger partial charge on any atom is 0.416 e. The topological polar surface area (TPSA) is 159 Å². The van der Waals surface area contributed by atoms with Gasteiger partial charge in [0.05, 0.1) is 22.5 Å². The van der Waals surface area contributed by atoms with Gasteiger partial charge in [-0.15, -0.1) is 0 Å². The zero-order valence-corrected chi connectivity index (χ0v) is 22.7. The predicted molar refractivity (Wildman–Crippen MR) is 142 cm³/mol. The monoisotopic (exact) mass is 580 g/mol. The molecular weight excluding hydrogens is 553 g/mol. The van der Waals surface area contributed by atoms with Crippen LogP contribution in [0.5, 0.6) is 0 Å². The number of hydrogen-bond donors (Lipinski definition) is 3. The summed E-state index contributed by atoms with van der Waals surface area (Å²) in [5.74, 6) is -0.834. The Kier molecular flexibility index (Phi) is 8.40. The number of nitrogen functional groups attached to an aromatic ring is 1. The van der Waals surface area contributed by atoms with E-state index in [1.165, 1.54) is 36.2 Å². The summed E-state index contributed by atoms with van der Waals surface area (Å²) >= 11 is 0. The number of nitrogens with one attached hydrogen (secondary N) is 1. The fraction of sp³-hybridized carbons (Fsp3) is 0.280. The van der Waals surface area contributed by atoms with Crippen LogP contribution in [0.1, 0.15) is 35.3 Å². The summed E-state index contributed by atoms with van der Waals surface area (Å²) < 4.78 is 68.3. The summed E-state index contributed by atoms with van der Waals surface area (Å²) in [6.07, 6.45) is -3.38. The van der Waals surface area contributed by atoms with E-state index in [1.54, 1.807) is 12.1 Å². The molecule has 2 aromatic carbocycles. The van der Waals surface area contributed by atoms with E-state index in [-0.39, 0.29) is 27.9 Å². The number of amides is 3. The van der Waals surface area contributed by atoms with Gasteiger partial charge in [-0.1, -0.05) is 23.8 Å². The highest BCUT2D eigenvalue weighted by molar-refractivity contribution is 7.85. The highest BCUT2D eigenvalue weighted by Crippen LogP contribution is 2.32. The van der Waals surface area contributed by atoms with Crippen molar-refractivity contribution in [2.75, 3.05) is 29.1 Å². The number of halogens is 3. The maximum atomic E-state index is 12.9. The Balaban J connectivity index is 0.000000336. The SMILES string of the molecule is CN(C(=O)c1cnc(N2CC(C)(C)NC2=O)nc1N)c1cccc(C(F)(F)F)c1.Cc1ccc(S(=O)(=O)O)cc1. The van der Waals surface area contributed by atoms with Crippen molar-refractivity contribution in [3.63, 3.8) is 0 Å². The molecule has 1 aliphatic rings. The van der Waals surface area contributed by atoms with Crippen molar-refractivity contribution in [3.8, 4) is 0 Å². The standard InChI is InChI=1S/C18H19F3N6O2.C7H8O3S/c1-17(2)9-27(16(29)25-17)15-23-8-12(13(22)24-15)14(28)26(3)11-6-4-5-10(7-11)18(19,20)21;1-6-2-4-7(5-3-6)11(8,9)10/h4-8H,9H2,1-3H3,(H,25,29)(H2,22,23,24);2-5H,1H3,(H,8,9,10). The van der Waals surface area contributed by atoms with Gasteiger partial charge in [-0.3, -0.25) is 14.2 Å². The Bertz CT molecular complexity index is 1530. The molecule has 0 unspecified atom stereocenters. The Morgan fingerprint density at radius 2 is 1.80 bits per heavy atom. The van der Waals surface area contributed by atoms with Gasteiger partial charge >= 0.3 is 12.2 Å². The molecule has 2 heterocycles. The molecule has 0 bridgehead atoms. The summed E-state index contributed by atoms with van der Waals surface area (Å²) in [6, 6.07) is 9.95. The molecule has 0 atom stereocenters. The van der Waals surface area contributed by atoms with Gasteiger partial charge in [0.15, 0.2) is 0 Å². The lowest BCUT2D eigenvalue weighted by atomic mass is 10.1. The molecular formula is C25H27F3N6O5S. The molecule has 0 aliphatic carbocycles. The number of nitrogens with two attached hydrogens (primary N) is 1. The van der Waals surface area contributed by atoms with Crippen LogP contribution in [0.4, 0.5) is 35.4 Å². The van der Waals surface area contributed by atoms with Crippen molar-refractivity contribution in [1.82, 2.24) is 15.3 Å². The maximum absolute atomic E-state index is 12.9. The van der Waals surface area contributed by atoms with Crippen molar-refractivity contribution in [2.45, 2.75) is 37.4 Å². The number of nitrogens with zero attached hydrogens (tertiary/aromatic N) is 4. The smallest absolute Gasteiger partial charge is 0.383 e. The first-order chi connectivity index (χ1) is 18.4. The van der Waals surface area contributed by atoms with Crippen LogP contribution in [0.15, 0.2) is 59.6 Å². The van der Waals surface area contributed by atoms with Crippen LogP contribution in [0.3, 0.4) is 0 Å². The summed E-state index contributed by atoms with van der Waals surface area (Å²) in [5.41, 5.74) is 5.43. The van der Waals surface area contributed by atoms with Gasteiger partial charge in [0, 0.05) is 18.9 Å². The molecule has 40 heavy (non-hydrogen) atoms. The van der Waals surface area contributed by atoms with Gasteiger partial charge in [0.25, 0.3) is 16.0 Å². The number of hydrogen-bond acceptors (Lipinski definition) is 7. The highest BCUT2D eigenvalue weighted by atomic mass is 32.2. The van der Waals surface area contributed by atoms with Crippen LogP contribution in [-0.2, 0) is 16.3 Å². The second-order valence-corrected chi connectivity index (χ2v) is 11.0. The number of aromatic nitrogens is 2. The molecule has 1 aromatic heterocycles. The first-order valence-electron chi connectivity index (χ1n) is 11.6. The quantitative estimate of drug-likeness (QED) is 0.392. The van der Waals surface area contributed by atoms with Gasteiger partial charge < -0.3 is 16.0 Å². The minimum absolute atomic E-state index is 0.0313. The second-order valence-electron chi connectivity index (χ2n) is 9.57. The molecule has 3 amide bonds. The predicted octanol–water partition coefficient (Wildman–Crippen LogP) is 3.90. The molecule has 1 fully saturated rings. The first-order valence-corrected chi connectivity index (χ1v) is 13.0. The van der Waals surface area contributed by atoms with Crippen LogP contribution < -0.4 is 20.9 Å². The number of rotatable bonds is 4. The number of carbonyl (C=O) groups excluding carboxylic acids is 2. The van der Waals surface area contributed by atoms with E-state index < -0.39 is 39.3 Å². The van der Waals surface area contributed by atoms with E-state index in [0.29, 0.717) is 6.54 Å². The van der Waals surface area contributed by atoms with E-state index in [2.05, 4.69) is 15.3 Å². The summed E-state index contributed by atoms with van der Waals surface area (Å²) in [7, 11) is -2.70. The number of aryl methyl sites for hydroxylation is 1. The Hall–Kier alpha value is -4.24. The van der Waals surface area contributed by atoms with Crippen LogP contribution in [-0.4, -0.2) is 54.0 Å². The van der Waals surface area contributed by atoms with Crippen LogP contribution >= 0.6 is 0 Å². The Morgan fingerprint density at radius 1 is 1.18 bits per heavy atom. The third-order valence-corrected chi connectivity index (χ3v) is 6.57. The van der Waals surface area contributed by atoms with Crippen LogP contribution in [0.25, 0.3) is 0 Å². The van der Waals surface area contributed by atoms with Crippen LogP contribution in [0, 0.1) is 6.92 Å². The summed E-state index contributed by atoms with van der Waals surface area (Å²) in [6.45, 7) is 5.81. The van der Waals surface area contributed by atoms with Crippen molar-refractivity contribution in [3.05, 3.63) is 71.4 Å². The molecule has 1 saturated heterocycles. The average molecular weight is 581 g/mol. The Morgan fingerprint density at radius 3 is 2.30 bits per heavy atom. The Labute approximate surface area is 228 Å². The first kappa shape index (κ1) is 30.3. The lowest BCUT2D eigenvalue weighted by Crippen LogP contribution is -2.36. The number of alkyl halides is 3. The molecule has 11 nitrogen and oxygen atoms in total. The number of carbonyl (C=O) groups is 2. The molecule has 0 radical (unpaired) electrons. The summed E-state index contributed by atoms with van der Waals surface area (Å²) in [5, 5.41) is 2.75. The van der Waals surface area contributed by atoms with Crippen molar-refractivity contribution >= 4 is 39.5 Å². The molecule has 4 rings (SSSR count). The van der Waals surface area contributed by atoms with Crippen molar-refractivity contribution < 1.29 is 35.7 Å². The zero-order chi connectivity index (χ0) is 30.0. The van der Waals surface area contributed by atoms with Gasteiger partial charge in [0.1, 0.15) is 11.4 Å². The van der Waals surface area contributed by atoms with Crippen molar-refractivity contribution in [2.24, 2.45) is 0 Å². The fourth-order valence-electron chi connectivity index (χ4n) is 3.60. The van der Waals surface area contributed by atoms with Crippen molar-refractivity contribution in [1.29, 1.82) is 0 Å². The third-order valence-electron chi connectivity index (χ3n) is 5.71. The van der Waals surface area contributed by atoms with Gasteiger partial charge in [-0.05, 0) is 51.1 Å². The van der Waals surface area contributed by atoms with E-state index >= 15 is 0 Å². The van der Waals surface area contributed by atoms with Crippen LogP contribution in [0.2, 0.25) is 0 Å². The number of urea groups is 1. The normalized spacial score (nSPS) is 14.7. The summed E-state index contributed by atoms with van der Waals surface area (Å²) in [4.78, 5) is 35.1. The molecule has 214 valence electrons. The minimum Gasteiger partial charge on any atom is -0.383 e. The molecule has 15 heteroatoms. The molecule has 3 aromatic rings.